The third kappa shape index (κ3) is 6.14. The number of hydrogen-bond donors (Lipinski definition) is 2. The van der Waals surface area contributed by atoms with E-state index in [0.29, 0.717) is 16.4 Å². The van der Waals surface area contributed by atoms with Crippen molar-refractivity contribution in [3.8, 4) is 5.75 Å². The molecule has 0 fully saturated rings. The summed E-state index contributed by atoms with van der Waals surface area (Å²) in [6.07, 6.45) is 0.198. The molecule has 1 aromatic heterocycles. The molecule has 0 radical (unpaired) electrons. The SMILES string of the molecule is Cc1cc(C)n(C(C)C(=O)Nc2ccc(NC(=O)CCOc3cccc(C)c3C)cc2Cl)n1. The summed E-state index contributed by atoms with van der Waals surface area (Å²) < 4.78 is 7.41. The molecule has 33 heavy (non-hydrogen) atoms. The molecule has 0 saturated carbocycles. The Morgan fingerprint density at radius 2 is 1.85 bits per heavy atom. The van der Waals surface area contributed by atoms with Crippen molar-refractivity contribution in [1.82, 2.24) is 9.78 Å². The molecule has 8 heteroatoms. The number of carbonyl (C=O) groups excluding carboxylic acids is 2. The van der Waals surface area contributed by atoms with Gasteiger partial charge in [-0.05, 0) is 76.1 Å². The predicted molar refractivity (Wildman–Crippen MR) is 131 cm³/mol. The van der Waals surface area contributed by atoms with Crippen molar-refractivity contribution in [3.63, 3.8) is 0 Å². The Morgan fingerprint density at radius 1 is 1.09 bits per heavy atom. The number of carbonyl (C=O) groups is 2. The van der Waals surface area contributed by atoms with Crippen LogP contribution in [-0.2, 0) is 9.59 Å². The molecular weight excluding hydrogens is 440 g/mol. The number of aromatic nitrogens is 2. The van der Waals surface area contributed by atoms with Gasteiger partial charge >= 0.3 is 0 Å². The number of ether oxygens (including phenoxy) is 1. The van der Waals surface area contributed by atoms with Gasteiger partial charge in [-0.25, -0.2) is 0 Å². The average molecular weight is 469 g/mol. The van der Waals surface area contributed by atoms with E-state index in [1.807, 2.05) is 52.0 Å². The standard InChI is InChI=1S/C25H29ClN4O3/c1-15-7-6-8-23(18(15)4)33-12-11-24(31)27-20-9-10-22(21(26)14-20)28-25(32)19(5)30-17(3)13-16(2)29-30/h6-10,13-14,19H,11-12H2,1-5H3,(H,27,31)(H,28,32). The highest BCUT2D eigenvalue weighted by Crippen LogP contribution is 2.27. The molecule has 0 bridgehead atoms. The molecule has 1 unspecified atom stereocenters. The van der Waals surface area contributed by atoms with Crippen molar-refractivity contribution >= 4 is 34.8 Å². The molecule has 1 heterocycles. The van der Waals surface area contributed by atoms with Crippen molar-refractivity contribution in [2.75, 3.05) is 17.2 Å². The molecule has 1 atom stereocenters. The van der Waals surface area contributed by atoms with Crippen LogP contribution < -0.4 is 15.4 Å². The fourth-order valence-corrected chi connectivity index (χ4v) is 3.67. The molecular formula is C25H29ClN4O3. The Hall–Kier alpha value is -3.32. The zero-order chi connectivity index (χ0) is 24.1. The number of nitrogens with one attached hydrogen (secondary N) is 2. The van der Waals surface area contributed by atoms with Gasteiger partial charge in [0.25, 0.3) is 0 Å². The van der Waals surface area contributed by atoms with E-state index in [4.69, 9.17) is 16.3 Å². The minimum Gasteiger partial charge on any atom is -0.493 e. The van der Waals surface area contributed by atoms with Gasteiger partial charge in [0.15, 0.2) is 0 Å². The molecule has 7 nitrogen and oxygen atoms in total. The first kappa shape index (κ1) is 24.3. The monoisotopic (exact) mass is 468 g/mol. The molecule has 2 aromatic carbocycles. The van der Waals surface area contributed by atoms with Crippen LogP contribution in [0.2, 0.25) is 5.02 Å². The molecule has 0 aliphatic heterocycles. The van der Waals surface area contributed by atoms with Gasteiger partial charge < -0.3 is 15.4 Å². The first-order valence-corrected chi connectivity index (χ1v) is 11.2. The zero-order valence-corrected chi connectivity index (χ0v) is 20.3. The summed E-state index contributed by atoms with van der Waals surface area (Å²) in [5.41, 5.74) is 4.97. The maximum Gasteiger partial charge on any atom is 0.248 e. The van der Waals surface area contributed by atoms with Crippen molar-refractivity contribution < 1.29 is 14.3 Å². The van der Waals surface area contributed by atoms with Crippen molar-refractivity contribution in [3.05, 3.63) is 70.0 Å². The van der Waals surface area contributed by atoms with Crippen molar-refractivity contribution in [2.24, 2.45) is 0 Å². The average Bonchev–Trinajstić information content (AvgIpc) is 3.10. The van der Waals surface area contributed by atoms with E-state index in [9.17, 15) is 9.59 Å². The van der Waals surface area contributed by atoms with E-state index < -0.39 is 6.04 Å². The van der Waals surface area contributed by atoms with Gasteiger partial charge in [-0.15, -0.1) is 0 Å². The quantitative estimate of drug-likeness (QED) is 0.465. The molecule has 0 aliphatic rings. The number of aryl methyl sites for hydroxylation is 3. The minimum atomic E-state index is -0.494. The van der Waals surface area contributed by atoms with Crippen LogP contribution in [0.3, 0.4) is 0 Å². The van der Waals surface area contributed by atoms with Crippen LogP contribution in [0.1, 0.15) is 41.9 Å². The molecule has 2 amide bonds. The van der Waals surface area contributed by atoms with Crippen molar-refractivity contribution in [2.45, 2.75) is 47.1 Å². The van der Waals surface area contributed by atoms with Gasteiger partial charge in [0.05, 0.1) is 29.4 Å². The lowest BCUT2D eigenvalue weighted by Crippen LogP contribution is -2.25. The van der Waals surface area contributed by atoms with E-state index >= 15 is 0 Å². The first-order valence-electron chi connectivity index (χ1n) is 10.8. The highest BCUT2D eigenvalue weighted by Gasteiger charge is 2.19. The predicted octanol–water partition coefficient (Wildman–Crippen LogP) is 5.38. The summed E-state index contributed by atoms with van der Waals surface area (Å²) in [6, 6.07) is 12.2. The van der Waals surface area contributed by atoms with Gasteiger partial charge in [-0.2, -0.15) is 5.10 Å². The van der Waals surface area contributed by atoms with Crippen LogP contribution in [0.25, 0.3) is 0 Å². The highest BCUT2D eigenvalue weighted by molar-refractivity contribution is 6.34. The van der Waals surface area contributed by atoms with Crippen LogP contribution >= 0.6 is 11.6 Å². The summed E-state index contributed by atoms with van der Waals surface area (Å²) in [5.74, 6) is 0.357. The lowest BCUT2D eigenvalue weighted by molar-refractivity contribution is -0.119. The molecule has 0 aliphatic carbocycles. The summed E-state index contributed by atoms with van der Waals surface area (Å²) in [7, 11) is 0. The number of rotatable bonds is 8. The van der Waals surface area contributed by atoms with Gasteiger partial charge in [0.2, 0.25) is 11.8 Å². The summed E-state index contributed by atoms with van der Waals surface area (Å²) in [6.45, 7) is 9.84. The number of benzene rings is 2. The fourth-order valence-electron chi connectivity index (χ4n) is 3.44. The Morgan fingerprint density at radius 3 is 2.52 bits per heavy atom. The van der Waals surface area contributed by atoms with Crippen LogP contribution in [0.5, 0.6) is 5.75 Å². The number of anilines is 2. The number of halogens is 1. The van der Waals surface area contributed by atoms with E-state index in [1.54, 1.807) is 29.8 Å². The van der Waals surface area contributed by atoms with Crippen molar-refractivity contribution in [1.29, 1.82) is 0 Å². The molecule has 2 N–H and O–H groups in total. The maximum absolute atomic E-state index is 12.7. The van der Waals surface area contributed by atoms with Gasteiger partial charge in [0, 0.05) is 11.4 Å². The molecule has 0 spiro atoms. The lowest BCUT2D eigenvalue weighted by Gasteiger charge is -2.16. The maximum atomic E-state index is 12.7. The second kappa shape index (κ2) is 10.5. The number of nitrogens with zero attached hydrogens (tertiary/aromatic N) is 2. The third-order valence-electron chi connectivity index (χ3n) is 5.44. The van der Waals surface area contributed by atoms with E-state index in [1.165, 1.54) is 0 Å². The summed E-state index contributed by atoms with van der Waals surface area (Å²) >= 11 is 6.35. The Kier molecular flexibility index (Phi) is 7.76. The Labute approximate surface area is 199 Å². The number of hydrogen-bond acceptors (Lipinski definition) is 4. The normalized spacial score (nSPS) is 11.7. The second-order valence-electron chi connectivity index (χ2n) is 8.08. The molecule has 0 saturated heterocycles. The Bertz CT molecular complexity index is 1170. The summed E-state index contributed by atoms with van der Waals surface area (Å²) in [5, 5.41) is 10.3. The van der Waals surface area contributed by atoms with Gasteiger partial charge in [-0.1, -0.05) is 23.7 Å². The van der Waals surface area contributed by atoms with Crippen LogP contribution in [-0.4, -0.2) is 28.2 Å². The molecule has 3 aromatic rings. The molecule has 3 rings (SSSR count). The number of amides is 2. The second-order valence-corrected chi connectivity index (χ2v) is 8.48. The summed E-state index contributed by atoms with van der Waals surface area (Å²) in [4.78, 5) is 25.0. The first-order chi connectivity index (χ1) is 15.7. The van der Waals surface area contributed by atoms with Crippen LogP contribution in [0.15, 0.2) is 42.5 Å². The zero-order valence-electron chi connectivity index (χ0n) is 19.5. The fraction of sp³-hybridized carbons (Fsp3) is 0.320. The highest BCUT2D eigenvalue weighted by atomic mass is 35.5. The van der Waals surface area contributed by atoms with Crippen LogP contribution in [0.4, 0.5) is 11.4 Å². The molecule has 174 valence electrons. The smallest absolute Gasteiger partial charge is 0.248 e. The van der Waals surface area contributed by atoms with Crippen LogP contribution in [0, 0.1) is 27.7 Å². The lowest BCUT2D eigenvalue weighted by atomic mass is 10.1. The largest absolute Gasteiger partial charge is 0.493 e. The van der Waals surface area contributed by atoms with Gasteiger partial charge in [-0.3, -0.25) is 14.3 Å². The van der Waals surface area contributed by atoms with E-state index in [2.05, 4.69) is 15.7 Å². The minimum absolute atomic E-state index is 0.189. The Balaban J connectivity index is 1.54. The topological polar surface area (TPSA) is 85.2 Å². The van der Waals surface area contributed by atoms with Gasteiger partial charge in [0.1, 0.15) is 11.8 Å². The van der Waals surface area contributed by atoms with E-state index in [0.717, 1.165) is 28.3 Å². The van der Waals surface area contributed by atoms with E-state index in [-0.39, 0.29) is 24.8 Å². The third-order valence-corrected chi connectivity index (χ3v) is 5.76.